The zero-order valence-corrected chi connectivity index (χ0v) is 13.4. The maximum Gasteiger partial charge on any atom is 0.307 e. The Hall–Kier alpha value is -0.570. The zero-order chi connectivity index (χ0) is 14.6. The molecule has 4 aliphatic carbocycles. The van der Waals surface area contributed by atoms with Gasteiger partial charge < -0.3 is 10.1 Å². The van der Waals surface area contributed by atoms with Gasteiger partial charge in [-0.3, -0.25) is 4.79 Å². The average molecular weight is 279 g/mol. The van der Waals surface area contributed by atoms with Crippen LogP contribution < -0.4 is 5.32 Å². The molecule has 4 bridgehead atoms. The molecule has 0 saturated heterocycles. The van der Waals surface area contributed by atoms with Crippen molar-refractivity contribution in [2.24, 2.45) is 16.7 Å². The molecule has 0 aromatic carbocycles. The fraction of sp³-hybridized carbons (Fsp3) is 0.941. The number of methoxy groups -OCH3 is 1. The van der Waals surface area contributed by atoms with Crippen LogP contribution in [-0.2, 0) is 9.53 Å². The standard InChI is InChI=1S/C17H29NO2/c1-12(5-14(19)20-4)18-17-8-13-6-15(2,10-17)9-16(3,7-13)11-17/h12-13,18H,5-11H2,1-4H3. The highest BCUT2D eigenvalue weighted by molar-refractivity contribution is 5.69. The van der Waals surface area contributed by atoms with Crippen molar-refractivity contribution in [2.45, 2.75) is 77.3 Å². The third kappa shape index (κ3) is 2.49. The summed E-state index contributed by atoms with van der Waals surface area (Å²) in [6.07, 6.45) is 8.59. The van der Waals surface area contributed by atoms with E-state index in [1.807, 2.05) is 0 Å². The largest absolute Gasteiger partial charge is 0.469 e. The first kappa shape index (κ1) is 14.4. The molecule has 4 aliphatic rings. The van der Waals surface area contributed by atoms with E-state index in [1.54, 1.807) is 0 Å². The van der Waals surface area contributed by atoms with Gasteiger partial charge in [-0.1, -0.05) is 13.8 Å². The van der Waals surface area contributed by atoms with E-state index in [0.717, 1.165) is 5.92 Å². The molecule has 114 valence electrons. The van der Waals surface area contributed by atoms with Gasteiger partial charge in [0.1, 0.15) is 0 Å². The smallest absolute Gasteiger partial charge is 0.307 e. The van der Waals surface area contributed by atoms with E-state index in [4.69, 9.17) is 4.74 Å². The number of hydrogen-bond acceptors (Lipinski definition) is 3. The molecule has 0 aliphatic heterocycles. The first-order chi connectivity index (χ1) is 9.26. The number of carbonyl (C=O) groups excluding carboxylic acids is 1. The molecule has 0 amide bonds. The average Bonchev–Trinajstić information content (AvgIpc) is 2.22. The van der Waals surface area contributed by atoms with Crippen LogP contribution in [0.4, 0.5) is 0 Å². The highest BCUT2D eigenvalue weighted by Crippen LogP contribution is 2.66. The van der Waals surface area contributed by atoms with Gasteiger partial charge in [0, 0.05) is 11.6 Å². The molecular formula is C17H29NO2. The number of carbonyl (C=O) groups is 1. The van der Waals surface area contributed by atoms with Crippen molar-refractivity contribution in [3.8, 4) is 0 Å². The van der Waals surface area contributed by atoms with Gasteiger partial charge in [-0.25, -0.2) is 0 Å². The summed E-state index contributed by atoms with van der Waals surface area (Å²) in [7, 11) is 1.47. The minimum absolute atomic E-state index is 0.104. The Morgan fingerprint density at radius 3 is 2.30 bits per heavy atom. The SMILES string of the molecule is COC(=O)CC(C)NC12CC3CC(C)(CC(C)(C3)C1)C2. The summed E-state index contributed by atoms with van der Waals surface area (Å²) in [6, 6.07) is 0.214. The van der Waals surface area contributed by atoms with Crippen LogP contribution in [0.5, 0.6) is 0 Å². The quantitative estimate of drug-likeness (QED) is 0.803. The van der Waals surface area contributed by atoms with Crippen molar-refractivity contribution in [3.63, 3.8) is 0 Å². The molecule has 4 saturated carbocycles. The molecule has 3 atom stereocenters. The van der Waals surface area contributed by atoms with E-state index >= 15 is 0 Å². The van der Waals surface area contributed by atoms with E-state index in [9.17, 15) is 4.79 Å². The van der Waals surface area contributed by atoms with E-state index in [2.05, 4.69) is 26.1 Å². The van der Waals surface area contributed by atoms with Gasteiger partial charge in [0.2, 0.25) is 0 Å². The molecule has 0 spiro atoms. The van der Waals surface area contributed by atoms with Crippen molar-refractivity contribution >= 4 is 5.97 Å². The Balaban J connectivity index is 1.74. The fourth-order valence-corrected chi connectivity index (χ4v) is 6.52. The van der Waals surface area contributed by atoms with Crippen LogP contribution in [0.1, 0.15) is 65.7 Å². The minimum Gasteiger partial charge on any atom is -0.469 e. The molecule has 20 heavy (non-hydrogen) atoms. The van der Waals surface area contributed by atoms with Crippen molar-refractivity contribution in [3.05, 3.63) is 0 Å². The van der Waals surface area contributed by atoms with Crippen LogP contribution >= 0.6 is 0 Å². The van der Waals surface area contributed by atoms with Crippen LogP contribution in [0, 0.1) is 16.7 Å². The van der Waals surface area contributed by atoms with Crippen molar-refractivity contribution in [1.29, 1.82) is 0 Å². The molecule has 0 heterocycles. The maximum absolute atomic E-state index is 11.5. The predicted octanol–water partition coefficient (Wildman–Crippen LogP) is 3.28. The second-order valence-corrected chi connectivity index (χ2v) is 8.74. The summed E-state index contributed by atoms with van der Waals surface area (Å²) in [6.45, 7) is 7.09. The summed E-state index contributed by atoms with van der Waals surface area (Å²) < 4.78 is 4.80. The highest BCUT2D eigenvalue weighted by Gasteiger charge is 2.60. The van der Waals surface area contributed by atoms with Crippen LogP contribution in [0.3, 0.4) is 0 Å². The molecule has 3 heteroatoms. The molecular weight excluding hydrogens is 250 g/mol. The second kappa shape index (κ2) is 4.46. The highest BCUT2D eigenvalue weighted by atomic mass is 16.5. The van der Waals surface area contributed by atoms with E-state index < -0.39 is 0 Å². The van der Waals surface area contributed by atoms with Gasteiger partial charge in [0.25, 0.3) is 0 Å². The number of nitrogens with one attached hydrogen (secondary N) is 1. The number of ether oxygens (including phenoxy) is 1. The van der Waals surface area contributed by atoms with Crippen LogP contribution in [0.25, 0.3) is 0 Å². The van der Waals surface area contributed by atoms with Gasteiger partial charge in [0.15, 0.2) is 0 Å². The monoisotopic (exact) mass is 279 g/mol. The summed E-state index contributed by atoms with van der Waals surface area (Å²) in [4.78, 5) is 11.5. The lowest BCUT2D eigenvalue weighted by Gasteiger charge is -2.66. The van der Waals surface area contributed by atoms with E-state index in [0.29, 0.717) is 17.3 Å². The lowest BCUT2D eigenvalue weighted by Crippen LogP contribution is -2.65. The number of esters is 1. The summed E-state index contributed by atoms with van der Waals surface area (Å²) in [5, 5.41) is 3.84. The summed E-state index contributed by atoms with van der Waals surface area (Å²) >= 11 is 0. The molecule has 0 aromatic heterocycles. The van der Waals surface area contributed by atoms with Gasteiger partial charge >= 0.3 is 5.97 Å². The molecule has 3 unspecified atom stereocenters. The lowest BCUT2D eigenvalue weighted by molar-refractivity contribution is -0.142. The molecule has 4 rings (SSSR count). The lowest BCUT2D eigenvalue weighted by atomic mass is 9.42. The second-order valence-electron chi connectivity index (χ2n) is 8.74. The molecule has 0 radical (unpaired) electrons. The Morgan fingerprint density at radius 1 is 1.20 bits per heavy atom. The molecule has 3 nitrogen and oxygen atoms in total. The van der Waals surface area contributed by atoms with Gasteiger partial charge in [-0.15, -0.1) is 0 Å². The predicted molar refractivity (Wildman–Crippen MR) is 79.4 cm³/mol. The first-order valence-corrected chi connectivity index (χ1v) is 8.10. The summed E-state index contributed by atoms with van der Waals surface area (Å²) in [5.74, 6) is 0.784. The summed E-state index contributed by atoms with van der Waals surface area (Å²) in [5.41, 5.74) is 1.31. The molecule has 4 fully saturated rings. The Bertz CT molecular complexity index is 401. The minimum atomic E-state index is -0.104. The van der Waals surface area contributed by atoms with Gasteiger partial charge in [0.05, 0.1) is 13.5 Å². The molecule has 1 N–H and O–H groups in total. The first-order valence-electron chi connectivity index (χ1n) is 8.10. The van der Waals surface area contributed by atoms with E-state index in [-0.39, 0.29) is 17.6 Å². The number of hydrogen-bond donors (Lipinski definition) is 1. The molecule has 0 aromatic rings. The van der Waals surface area contributed by atoms with Gasteiger partial charge in [-0.2, -0.15) is 0 Å². The Morgan fingerprint density at radius 2 is 1.80 bits per heavy atom. The van der Waals surface area contributed by atoms with Crippen molar-refractivity contribution in [2.75, 3.05) is 7.11 Å². The number of rotatable bonds is 4. The maximum atomic E-state index is 11.5. The third-order valence-electron chi connectivity index (χ3n) is 5.88. The Labute approximate surface area is 122 Å². The van der Waals surface area contributed by atoms with Crippen LogP contribution in [-0.4, -0.2) is 24.7 Å². The topological polar surface area (TPSA) is 38.3 Å². The van der Waals surface area contributed by atoms with Crippen molar-refractivity contribution in [1.82, 2.24) is 5.32 Å². The van der Waals surface area contributed by atoms with Gasteiger partial charge in [-0.05, 0) is 62.2 Å². The fourth-order valence-electron chi connectivity index (χ4n) is 6.52. The normalized spacial score (nSPS) is 47.3. The third-order valence-corrected chi connectivity index (χ3v) is 5.88. The van der Waals surface area contributed by atoms with E-state index in [1.165, 1.54) is 45.6 Å². The Kier molecular flexibility index (Phi) is 3.20. The van der Waals surface area contributed by atoms with Crippen LogP contribution in [0.15, 0.2) is 0 Å². The van der Waals surface area contributed by atoms with Crippen molar-refractivity contribution < 1.29 is 9.53 Å². The zero-order valence-electron chi connectivity index (χ0n) is 13.4. The van der Waals surface area contributed by atoms with Crippen LogP contribution in [0.2, 0.25) is 0 Å².